The van der Waals surface area contributed by atoms with E-state index >= 15 is 0 Å². The molecule has 0 bridgehead atoms. The molecule has 0 amide bonds. The highest BCUT2D eigenvalue weighted by atomic mass is 32.2. The molecule has 0 radical (unpaired) electrons. The van der Waals surface area contributed by atoms with Crippen molar-refractivity contribution < 1.29 is 13.2 Å². The number of rotatable bonds is 4. The van der Waals surface area contributed by atoms with Gasteiger partial charge in [0.25, 0.3) is 0 Å². The standard InChI is InChI=1S/C11H14F3NS/c1-2-5-16-9-3-4-10(11(12,13)14)8(6-9)7-15/h3-4,6H,2,5,7,15H2,1H3. The molecule has 1 rings (SSSR count). The third-order valence-electron chi connectivity index (χ3n) is 2.07. The van der Waals surface area contributed by atoms with E-state index in [-0.39, 0.29) is 12.1 Å². The number of hydrogen-bond donors (Lipinski definition) is 1. The summed E-state index contributed by atoms with van der Waals surface area (Å²) in [7, 11) is 0. The van der Waals surface area contributed by atoms with Crippen LogP contribution in [0.5, 0.6) is 0 Å². The largest absolute Gasteiger partial charge is 0.416 e. The average molecular weight is 249 g/mol. The zero-order valence-electron chi connectivity index (χ0n) is 8.97. The van der Waals surface area contributed by atoms with E-state index in [4.69, 9.17) is 5.73 Å². The van der Waals surface area contributed by atoms with Crippen LogP contribution in [-0.2, 0) is 12.7 Å². The molecule has 90 valence electrons. The first kappa shape index (κ1) is 13.4. The zero-order chi connectivity index (χ0) is 12.2. The van der Waals surface area contributed by atoms with Crippen molar-refractivity contribution in [3.8, 4) is 0 Å². The Morgan fingerprint density at radius 3 is 2.50 bits per heavy atom. The van der Waals surface area contributed by atoms with E-state index < -0.39 is 11.7 Å². The van der Waals surface area contributed by atoms with Gasteiger partial charge in [-0.1, -0.05) is 6.92 Å². The number of nitrogens with two attached hydrogens (primary N) is 1. The summed E-state index contributed by atoms with van der Waals surface area (Å²) < 4.78 is 37.7. The van der Waals surface area contributed by atoms with Crippen LogP contribution in [0.4, 0.5) is 13.2 Å². The molecular formula is C11H14F3NS. The maximum atomic E-state index is 12.6. The Labute approximate surface area is 97.2 Å². The summed E-state index contributed by atoms with van der Waals surface area (Å²) in [6.07, 6.45) is -3.33. The van der Waals surface area contributed by atoms with Gasteiger partial charge in [-0.25, -0.2) is 0 Å². The molecule has 0 aliphatic carbocycles. The molecule has 0 aliphatic rings. The fourth-order valence-corrected chi connectivity index (χ4v) is 2.15. The van der Waals surface area contributed by atoms with Crippen molar-refractivity contribution in [1.82, 2.24) is 0 Å². The number of halogens is 3. The van der Waals surface area contributed by atoms with Crippen molar-refractivity contribution in [2.24, 2.45) is 5.73 Å². The van der Waals surface area contributed by atoms with Crippen LogP contribution < -0.4 is 5.73 Å². The summed E-state index contributed by atoms with van der Waals surface area (Å²) in [5.41, 5.74) is 4.87. The second kappa shape index (κ2) is 5.59. The Morgan fingerprint density at radius 2 is 2.00 bits per heavy atom. The maximum absolute atomic E-state index is 12.6. The summed E-state index contributed by atoms with van der Waals surface area (Å²) in [5, 5.41) is 0. The Kier molecular flexibility index (Phi) is 4.68. The maximum Gasteiger partial charge on any atom is 0.416 e. The summed E-state index contributed by atoms with van der Waals surface area (Å²) in [5.74, 6) is 0.898. The number of alkyl halides is 3. The van der Waals surface area contributed by atoms with Gasteiger partial charge in [0.05, 0.1) is 5.56 Å². The summed E-state index contributed by atoms with van der Waals surface area (Å²) in [6, 6.07) is 4.14. The second-order valence-electron chi connectivity index (χ2n) is 3.37. The molecule has 1 aromatic rings. The Hall–Kier alpha value is -0.680. The first-order valence-corrected chi connectivity index (χ1v) is 6.00. The van der Waals surface area contributed by atoms with Crippen molar-refractivity contribution in [3.63, 3.8) is 0 Å². The molecule has 16 heavy (non-hydrogen) atoms. The van der Waals surface area contributed by atoms with E-state index in [0.717, 1.165) is 23.1 Å². The first-order valence-electron chi connectivity index (χ1n) is 5.02. The topological polar surface area (TPSA) is 26.0 Å². The number of benzene rings is 1. The van der Waals surface area contributed by atoms with Crippen molar-refractivity contribution in [3.05, 3.63) is 29.3 Å². The highest BCUT2D eigenvalue weighted by Gasteiger charge is 2.32. The lowest BCUT2D eigenvalue weighted by atomic mass is 10.1. The quantitative estimate of drug-likeness (QED) is 0.824. The lowest BCUT2D eigenvalue weighted by Crippen LogP contribution is -2.11. The van der Waals surface area contributed by atoms with Crippen LogP contribution in [0.3, 0.4) is 0 Å². The molecular weight excluding hydrogens is 235 g/mol. The number of thioether (sulfide) groups is 1. The summed E-state index contributed by atoms with van der Waals surface area (Å²) in [4.78, 5) is 0.843. The Bertz CT molecular complexity index is 350. The molecule has 1 nitrogen and oxygen atoms in total. The SMILES string of the molecule is CCCSc1ccc(C(F)(F)F)c(CN)c1. The second-order valence-corrected chi connectivity index (χ2v) is 4.54. The van der Waals surface area contributed by atoms with Crippen molar-refractivity contribution in [2.75, 3.05) is 5.75 Å². The minimum atomic E-state index is -4.32. The van der Waals surface area contributed by atoms with Gasteiger partial charge in [-0.15, -0.1) is 11.8 Å². The average Bonchev–Trinajstić information content (AvgIpc) is 2.24. The molecule has 0 atom stereocenters. The van der Waals surface area contributed by atoms with Crippen LogP contribution in [0, 0.1) is 0 Å². The Balaban J connectivity index is 2.98. The summed E-state index contributed by atoms with van der Waals surface area (Å²) >= 11 is 1.55. The summed E-state index contributed by atoms with van der Waals surface area (Å²) in [6.45, 7) is 1.94. The van der Waals surface area contributed by atoms with Crippen LogP contribution in [0.25, 0.3) is 0 Å². The minimum absolute atomic E-state index is 0.0879. The third kappa shape index (κ3) is 3.42. The smallest absolute Gasteiger partial charge is 0.326 e. The zero-order valence-corrected chi connectivity index (χ0v) is 9.79. The predicted octanol–water partition coefficient (Wildman–Crippen LogP) is 3.67. The highest BCUT2D eigenvalue weighted by Crippen LogP contribution is 2.34. The van der Waals surface area contributed by atoms with Crippen LogP contribution >= 0.6 is 11.8 Å². The van der Waals surface area contributed by atoms with Gasteiger partial charge in [0.15, 0.2) is 0 Å². The van der Waals surface area contributed by atoms with Gasteiger partial charge in [-0.2, -0.15) is 13.2 Å². The molecule has 0 saturated heterocycles. The van der Waals surface area contributed by atoms with Crippen molar-refractivity contribution in [2.45, 2.75) is 31.0 Å². The molecule has 5 heteroatoms. The van der Waals surface area contributed by atoms with E-state index in [2.05, 4.69) is 0 Å². The molecule has 1 aromatic carbocycles. The van der Waals surface area contributed by atoms with Gasteiger partial charge < -0.3 is 5.73 Å². The van der Waals surface area contributed by atoms with Crippen molar-refractivity contribution in [1.29, 1.82) is 0 Å². The molecule has 0 aliphatic heterocycles. The van der Waals surface area contributed by atoms with Gasteiger partial charge in [0, 0.05) is 11.4 Å². The van der Waals surface area contributed by atoms with Gasteiger partial charge in [-0.05, 0) is 35.9 Å². The monoisotopic (exact) mass is 249 g/mol. The normalized spacial score (nSPS) is 11.8. The molecule has 0 fully saturated rings. The van der Waals surface area contributed by atoms with Gasteiger partial charge in [0.2, 0.25) is 0 Å². The Morgan fingerprint density at radius 1 is 1.31 bits per heavy atom. The van der Waals surface area contributed by atoms with Crippen molar-refractivity contribution >= 4 is 11.8 Å². The van der Waals surface area contributed by atoms with Gasteiger partial charge in [-0.3, -0.25) is 0 Å². The van der Waals surface area contributed by atoms with E-state index in [1.165, 1.54) is 12.1 Å². The lowest BCUT2D eigenvalue weighted by molar-refractivity contribution is -0.138. The van der Waals surface area contributed by atoms with E-state index in [0.29, 0.717) is 0 Å². The van der Waals surface area contributed by atoms with Crippen LogP contribution in [0.15, 0.2) is 23.1 Å². The molecule has 0 heterocycles. The van der Waals surface area contributed by atoms with Crippen LogP contribution in [0.2, 0.25) is 0 Å². The molecule has 0 aromatic heterocycles. The molecule has 2 N–H and O–H groups in total. The van der Waals surface area contributed by atoms with Gasteiger partial charge >= 0.3 is 6.18 Å². The van der Waals surface area contributed by atoms with E-state index in [9.17, 15) is 13.2 Å². The van der Waals surface area contributed by atoms with Crippen LogP contribution in [0.1, 0.15) is 24.5 Å². The van der Waals surface area contributed by atoms with Gasteiger partial charge in [0.1, 0.15) is 0 Å². The van der Waals surface area contributed by atoms with E-state index in [1.807, 2.05) is 6.92 Å². The number of hydrogen-bond acceptors (Lipinski definition) is 2. The fourth-order valence-electron chi connectivity index (χ4n) is 1.33. The lowest BCUT2D eigenvalue weighted by Gasteiger charge is -2.12. The molecule has 0 unspecified atom stereocenters. The van der Waals surface area contributed by atoms with E-state index in [1.54, 1.807) is 11.8 Å². The highest BCUT2D eigenvalue weighted by molar-refractivity contribution is 7.99. The molecule has 0 spiro atoms. The van der Waals surface area contributed by atoms with Crippen LogP contribution in [-0.4, -0.2) is 5.75 Å². The first-order chi connectivity index (χ1) is 7.49. The fraction of sp³-hybridized carbons (Fsp3) is 0.455. The third-order valence-corrected chi connectivity index (χ3v) is 3.27. The minimum Gasteiger partial charge on any atom is -0.326 e. The predicted molar refractivity (Wildman–Crippen MR) is 60.4 cm³/mol. The molecule has 0 saturated carbocycles.